The molecule has 1 heterocycles. The summed E-state index contributed by atoms with van der Waals surface area (Å²) in [6.07, 6.45) is -0.127. The van der Waals surface area contributed by atoms with Crippen molar-refractivity contribution in [1.29, 1.82) is 0 Å². The van der Waals surface area contributed by atoms with Crippen LogP contribution in [-0.2, 0) is 14.4 Å². The predicted molar refractivity (Wildman–Crippen MR) is 74.2 cm³/mol. The first kappa shape index (κ1) is 16.8. The number of carbonyl (C=O) groups excluding carboxylic acids is 1. The van der Waals surface area contributed by atoms with Crippen molar-refractivity contribution in [1.82, 2.24) is 4.90 Å². The molecule has 0 aromatic carbocycles. The summed E-state index contributed by atoms with van der Waals surface area (Å²) < 4.78 is 0. The molecule has 0 radical (unpaired) electrons. The van der Waals surface area contributed by atoms with Gasteiger partial charge in [-0.15, -0.1) is 11.8 Å². The number of nitrogens with two attached hydrogens (primary N) is 1. The molecule has 7 nitrogen and oxygen atoms in total. The third-order valence-corrected chi connectivity index (χ3v) is 4.71. The van der Waals surface area contributed by atoms with E-state index >= 15 is 0 Å². The van der Waals surface area contributed by atoms with Gasteiger partial charge in [0.2, 0.25) is 5.91 Å². The Morgan fingerprint density at radius 2 is 2.00 bits per heavy atom. The summed E-state index contributed by atoms with van der Waals surface area (Å²) in [6, 6.07) is -1.31. The van der Waals surface area contributed by atoms with Gasteiger partial charge in [0.1, 0.15) is 0 Å². The van der Waals surface area contributed by atoms with E-state index in [1.807, 2.05) is 6.92 Å². The fourth-order valence-electron chi connectivity index (χ4n) is 2.15. The Hall–Kier alpha value is -1.28. The van der Waals surface area contributed by atoms with Gasteiger partial charge in [0.15, 0.2) is 0 Å². The van der Waals surface area contributed by atoms with Crippen LogP contribution in [0.5, 0.6) is 0 Å². The van der Waals surface area contributed by atoms with Gasteiger partial charge >= 0.3 is 11.9 Å². The number of carbonyl (C=O) groups is 3. The molecule has 20 heavy (non-hydrogen) atoms. The number of nitrogens with zero attached hydrogens (tertiary/aromatic N) is 1. The van der Waals surface area contributed by atoms with E-state index in [4.69, 9.17) is 15.9 Å². The van der Waals surface area contributed by atoms with Crippen LogP contribution in [-0.4, -0.2) is 56.2 Å². The van der Waals surface area contributed by atoms with E-state index in [1.54, 1.807) is 6.92 Å². The van der Waals surface area contributed by atoms with Crippen LogP contribution in [0, 0.1) is 5.92 Å². The van der Waals surface area contributed by atoms with Gasteiger partial charge in [0.25, 0.3) is 0 Å². The molecule has 0 bridgehead atoms. The summed E-state index contributed by atoms with van der Waals surface area (Å²) in [5.41, 5.74) is 5.73. The van der Waals surface area contributed by atoms with E-state index in [2.05, 4.69) is 0 Å². The monoisotopic (exact) mass is 304 g/mol. The quantitative estimate of drug-likeness (QED) is 0.640. The molecular formula is C12H20N2O5S. The van der Waals surface area contributed by atoms with Crippen LogP contribution in [0.3, 0.4) is 0 Å². The van der Waals surface area contributed by atoms with Crippen molar-refractivity contribution in [3.63, 3.8) is 0 Å². The number of rotatable bonds is 6. The number of carboxylic acids is 2. The van der Waals surface area contributed by atoms with Gasteiger partial charge in [0.05, 0.1) is 23.4 Å². The van der Waals surface area contributed by atoms with Gasteiger partial charge in [-0.05, 0) is 20.3 Å². The summed E-state index contributed by atoms with van der Waals surface area (Å²) in [5, 5.41) is 17.6. The number of aliphatic carboxylic acids is 2. The van der Waals surface area contributed by atoms with Crippen molar-refractivity contribution in [2.24, 2.45) is 11.7 Å². The lowest BCUT2D eigenvalue weighted by Crippen LogP contribution is -2.52. The predicted octanol–water partition coefficient (Wildman–Crippen LogP) is 0.189. The summed E-state index contributed by atoms with van der Waals surface area (Å²) in [5.74, 6) is -2.47. The minimum atomic E-state index is -1.01. The maximum atomic E-state index is 12.3. The molecule has 114 valence electrons. The average Bonchev–Trinajstić information content (AvgIpc) is 2.75. The van der Waals surface area contributed by atoms with Crippen LogP contribution in [0.2, 0.25) is 0 Å². The van der Waals surface area contributed by atoms with Crippen molar-refractivity contribution in [3.8, 4) is 0 Å². The maximum absolute atomic E-state index is 12.3. The van der Waals surface area contributed by atoms with E-state index in [0.29, 0.717) is 5.75 Å². The Balaban J connectivity index is 2.76. The zero-order valence-electron chi connectivity index (χ0n) is 11.5. The highest BCUT2D eigenvalue weighted by Gasteiger charge is 2.41. The lowest BCUT2D eigenvalue weighted by molar-refractivity contribution is -0.145. The topological polar surface area (TPSA) is 121 Å². The second-order valence-electron chi connectivity index (χ2n) is 4.91. The minimum Gasteiger partial charge on any atom is -0.481 e. The van der Waals surface area contributed by atoms with Crippen LogP contribution in [0.4, 0.5) is 0 Å². The largest absolute Gasteiger partial charge is 0.481 e. The molecule has 1 aliphatic rings. The Bertz CT molecular complexity index is 403. The molecule has 1 saturated heterocycles. The normalized spacial score (nSPS) is 25.2. The molecule has 4 atom stereocenters. The summed E-state index contributed by atoms with van der Waals surface area (Å²) in [4.78, 5) is 35.4. The Kier molecular flexibility index (Phi) is 5.82. The van der Waals surface area contributed by atoms with E-state index in [-0.39, 0.29) is 24.1 Å². The van der Waals surface area contributed by atoms with E-state index in [0.717, 1.165) is 0 Å². The molecule has 4 N–H and O–H groups in total. The Labute approximate surface area is 121 Å². The maximum Gasteiger partial charge on any atom is 0.308 e. The lowest BCUT2D eigenvalue weighted by atomic mass is 10.0. The Morgan fingerprint density at radius 3 is 2.50 bits per heavy atom. The van der Waals surface area contributed by atoms with E-state index in [9.17, 15) is 14.4 Å². The van der Waals surface area contributed by atoms with Crippen LogP contribution in [0.25, 0.3) is 0 Å². The zero-order chi connectivity index (χ0) is 15.4. The smallest absolute Gasteiger partial charge is 0.308 e. The zero-order valence-corrected chi connectivity index (χ0v) is 12.3. The first-order chi connectivity index (χ1) is 9.25. The first-order valence-electron chi connectivity index (χ1n) is 6.39. The van der Waals surface area contributed by atoms with Gasteiger partial charge in [-0.2, -0.15) is 0 Å². The molecule has 0 aromatic heterocycles. The molecule has 8 heteroatoms. The lowest BCUT2D eigenvalue weighted by Gasteiger charge is -2.31. The summed E-state index contributed by atoms with van der Waals surface area (Å²) >= 11 is 1.50. The SMILES string of the molecule is CC(C(=O)O)[C@H]1CS[C@@H](C)N1C(=O)[C@@H](N)CCC(=O)O. The van der Waals surface area contributed by atoms with Crippen molar-refractivity contribution in [2.45, 2.75) is 44.1 Å². The van der Waals surface area contributed by atoms with Gasteiger partial charge in [-0.25, -0.2) is 0 Å². The molecule has 1 rings (SSSR count). The minimum absolute atomic E-state index is 0.0518. The Morgan fingerprint density at radius 1 is 1.40 bits per heavy atom. The van der Waals surface area contributed by atoms with Crippen LogP contribution < -0.4 is 5.73 Å². The third-order valence-electron chi connectivity index (χ3n) is 3.46. The molecule has 0 saturated carbocycles. The highest BCUT2D eigenvalue weighted by molar-refractivity contribution is 8.00. The van der Waals surface area contributed by atoms with Gasteiger partial charge in [-0.1, -0.05) is 0 Å². The van der Waals surface area contributed by atoms with Crippen LogP contribution in [0.15, 0.2) is 0 Å². The molecule has 1 unspecified atom stereocenters. The number of hydrogen-bond donors (Lipinski definition) is 3. The second-order valence-corrected chi connectivity index (χ2v) is 6.26. The van der Waals surface area contributed by atoms with Gasteiger partial charge in [0, 0.05) is 12.2 Å². The van der Waals surface area contributed by atoms with Gasteiger partial charge in [-0.3, -0.25) is 14.4 Å². The fraction of sp³-hybridized carbons (Fsp3) is 0.750. The number of amides is 1. The van der Waals surface area contributed by atoms with Crippen LogP contribution >= 0.6 is 11.8 Å². The molecule has 0 aromatic rings. The third kappa shape index (κ3) is 3.86. The van der Waals surface area contributed by atoms with Crippen molar-refractivity contribution >= 4 is 29.6 Å². The molecule has 1 aliphatic heterocycles. The van der Waals surface area contributed by atoms with Crippen molar-refractivity contribution in [2.75, 3.05) is 5.75 Å². The highest BCUT2D eigenvalue weighted by Crippen LogP contribution is 2.33. The highest BCUT2D eigenvalue weighted by atomic mass is 32.2. The fourth-order valence-corrected chi connectivity index (χ4v) is 3.50. The summed E-state index contributed by atoms with van der Waals surface area (Å²) in [6.45, 7) is 3.38. The van der Waals surface area contributed by atoms with Crippen molar-refractivity contribution in [3.05, 3.63) is 0 Å². The standard InChI is InChI=1S/C12H20N2O5S/c1-6(12(18)19)9-5-20-7(2)14(9)11(17)8(13)3-4-10(15)16/h6-9H,3-5,13H2,1-2H3,(H,15,16)(H,18,19)/t6?,7-,8-,9+/m0/s1. The second kappa shape index (κ2) is 6.94. The van der Waals surface area contributed by atoms with Gasteiger partial charge < -0.3 is 20.8 Å². The molecule has 1 fully saturated rings. The van der Waals surface area contributed by atoms with E-state index < -0.39 is 29.9 Å². The molecule has 0 spiro atoms. The van der Waals surface area contributed by atoms with Crippen LogP contribution in [0.1, 0.15) is 26.7 Å². The summed E-state index contributed by atoms with van der Waals surface area (Å²) in [7, 11) is 0. The molecular weight excluding hydrogens is 284 g/mol. The number of carboxylic acid groups (broad SMARTS) is 2. The number of thioether (sulfide) groups is 1. The molecule has 1 amide bonds. The van der Waals surface area contributed by atoms with E-state index in [1.165, 1.54) is 16.7 Å². The first-order valence-corrected chi connectivity index (χ1v) is 7.44. The number of hydrogen-bond acceptors (Lipinski definition) is 5. The average molecular weight is 304 g/mol. The molecule has 0 aliphatic carbocycles. The van der Waals surface area contributed by atoms with Crippen molar-refractivity contribution < 1.29 is 24.6 Å².